The van der Waals surface area contributed by atoms with Gasteiger partial charge >= 0.3 is 0 Å². The normalized spacial score (nSPS) is 17.5. The number of likely N-dealkylation sites (tertiary alicyclic amines) is 1. The number of nitrogens with zero attached hydrogens (tertiary/aromatic N) is 1. The lowest BCUT2D eigenvalue weighted by atomic mass is 9.84. The molecule has 1 fully saturated rings. The number of ether oxygens (including phenoxy) is 2. The number of unbranched alkanes of at least 4 members (excludes halogenated alkanes) is 2. The number of aliphatic hydroxyl groups excluding tert-OH is 1. The van der Waals surface area contributed by atoms with Crippen molar-refractivity contribution in [2.45, 2.75) is 72.3 Å². The van der Waals surface area contributed by atoms with Crippen molar-refractivity contribution in [2.75, 3.05) is 19.8 Å². The van der Waals surface area contributed by atoms with Crippen LogP contribution in [0.2, 0.25) is 0 Å². The van der Waals surface area contributed by atoms with E-state index in [0.29, 0.717) is 31.1 Å². The summed E-state index contributed by atoms with van der Waals surface area (Å²) in [5, 5.41) is 11.5. The molecule has 0 bridgehead atoms. The van der Waals surface area contributed by atoms with Gasteiger partial charge in [-0.3, -0.25) is 9.59 Å². The minimum absolute atomic E-state index is 0.106. The third-order valence-corrected chi connectivity index (χ3v) is 6.39. The fourth-order valence-electron chi connectivity index (χ4n) is 4.63. The van der Waals surface area contributed by atoms with Gasteiger partial charge in [-0.05, 0) is 61.6 Å². The average molecular weight is 494 g/mol. The Balaban J connectivity index is 2.18. The molecule has 1 atom stereocenters. The van der Waals surface area contributed by atoms with Crippen molar-refractivity contribution in [2.24, 2.45) is 0 Å². The van der Waals surface area contributed by atoms with Crippen molar-refractivity contribution in [1.29, 1.82) is 0 Å². The molecule has 0 radical (unpaired) electrons. The number of amides is 1. The highest BCUT2D eigenvalue weighted by Gasteiger charge is 2.46. The van der Waals surface area contributed by atoms with Crippen LogP contribution in [0.15, 0.2) is 48.0 Å². The maximum atomic E-state index is 13.3. The Labute approximate surface area is 214 Å². The summed E-state index contributed by atoms with van der Waals surface area (Å²) in [6.45, 7) is 13.6. The summed E-state index contributed by atoms with van der Waals surface area (Å²) in [5.41, 5.74) is 1.99. The first kappa shape index (κ1) is 27.3. The number of carbonyl (C=O) groups excluding carboxylic acids is 2. The summed E-state index contributed by atoms with van der Waals surface area (Å²) >= 11 is 0. The van der Waals surface area contributed by atoms with Crippen molar-refractivity contribution < 1.29 is 24.2 Å². The van der Waals surface area contributed by atoms with Gasteiger partial charge in [0.1, 0.15) is 17.3 Å². The van der Waals surface area contributed by atoms with Crippen LogP contribution < -0.4 is 9.47 Å². The summed E-state index contributed by atoms with van der Waals surface area (Å²) in [6.07, 6.45) is 2.72. The number of rotatable bonds is 10. The van der Waals surface area contributed by atoms with Crippen LogP contribution in [0.25, 0.3) is 5.76 Å². The standard InChI is InChI=1S/C30H39NO5/c1-7-10-11-17-31-26(20-13-12-14-22(18-20)35-8-2)25(28(33)29(31)34)27(32)21-15-16-24(36-9-3)23(19-21)30(4,5)6/h12-16,18-19,26,32H,7-11,17H2,1-6H3/b27-25+. The van der Waals surface area contributed by atoms with Crippen molar-refractivity contribution in [3.05, 3.63) is 64.7 Å². The van der Waals surface area contributed by atoms with E-state index in [9.17, 15) is 14.7 Å². The first-order valence-electron chi connectivity index (χ1n) is 12.9. The number of aliphatic hydroxyl groups is 1. The fourth-order valence-corrected chi connectivity index (χ4v) is 4.63. The Hall–Kier alpha value is -3.28. The predicted molar refractivity (Wildman–Crippen MR) is 142 cm³/mol. The van der Waals surface area contributed by atoms with Gasteiger partial charge in [0.25, 0.3) is 11.7 Å². The highest BCUT2D eigenvalue weighted by atomic mass is 16.5. The third kappa shape index (κ3) is 5.75. The molecule has 0 aliphatic carbocycles. The van der Waals surface area contributed by atoms with Gasteiger partial charge < -0.3 is 19.5 Å². The number of Topliss-reactive ketones (excluding diaryl/α,β-unsaturated/α-hetero) is 1. The highest BCUT2D eigenvalue weighted by molar-refractivity contribution is 6.46. The van der Waals surface area contributed by atoms with Crippen LogP contribution in [0, 0.1) is 0 Å². The molecular weight excluding hydrogens is 454 g/mol. The molecule has 3 rings (SSSR count). The van der Waals surface area contributed by atoms with Gasteiger partial charge in [-0.15, -0.1) is 0 Å². The maximum Gasteiger partial charge on any atom is 0.295 e. The summed E-state index contributed by atoms with van der Waals surface area (Å²) < 4.78 is 11.5. The first-order chi connectivity index (χ1) is 17.1. The lowest BCUT2D eigenvalue weighted by molar-refractivity contribution is -0.139. The largest absolute Gasteiger partial charge is 0.507 e. The van der Waals surface area contributed by atoms with Crippen LogP contribution in [0.1, 0.15) is 83.5 Å². The van der Waals surface area contributed by atoms with Crippen LogP contribution in [0.3, 0.4) is 0 Å². The van der Waals surface area contributed by atoms with Gasteiger partial charge in [0.15, 0.2) is 0 Å². The Morgan fingerprint density at radius 2 is 1.69 bits per heavy atom. The Kier molecular flexibility index (Phi) is 8.83. The molecule has 1 N–H and O–H groups in total. The van der Waals surface area contributed by atoms with Crippen molar-refractivity contribution >= 4 is 17.4 Å². The van der Waals surface area contributed by atoms with Gasteiger partial charge in [0.05, 0.1) is 24.8 Å². The molecule has 1 heterocycles. The van der Waals surface area contributed by atoms with E-state index in [1.54, 1.807) is 11.0 Å². The second-order valence-electron chi connectivity index (χ2n) is 10.1. The quantitative estimate of drug-likeness (QED) is 0.180. The molecule has 6 nitrogen and oxygen atoms in total. The van der Waals surface area contributed by atoms with Gasteiger partial charge in [0.2, 0.25) is 0 Å². The zero-order valence-corrected chi connectivity index (χ0v) is 22.4. The molecule has 6 heteroatoms. The summed E-state index contributed by atoms with van der Waals surface area (Å²) in [4.78, 5) is 28.1. The van der Waals surface area contributed by atoms with Crippen molar-refractivity contribution in [3.8, 4) is 11.5 Å². The topological polar surface area (TPSA) is 76.1 Å². The van der Waals surface area contributed by atoms with Crippen molar-refractivity contribution in [3.63, 3.8) is 0 Å². The Morgan fingerprint density at radius 3 is 2.33 bits per heavy atom. The minimum Gasteiger partial charge on any atom is -0.507 e. The molecule has 0 spiro atoms. The van der Waals surface area contributed by atoms with Crippen LogP contribution in [-0.2, 0) is 15.0 Å². The molecule has 1 aliphatic rings. The minimum atomic E-state index is -0.688. The molecule has 2 aromatic carbocycles. The Bertz CT molecular complexity index is 1130. The summed E-state index contributed by atoms with van der Waals surface area (Å²) in [6, 6.07) is 12.1. The number of ketones is 1. The Morgan fingerprint density at radius 1 is 0.972 bits per heavy atom. The number of hydrogen-bond acceptors (Lipinski definition) is 5. The highest BCUT2D eigenvalue weighted by Crippen LogP contribution is 2.42. The molecule has 1 amide bonds. The van der Waals surface area contributed by atoms with E-state index in [4.69, 9.17) is 9.47 Å². The van der Waals surface area contributed by atoms with E-state index >= 15 is 0 Å². The molecule has 0 saturated carbocycles. The molecule has 194 valence electrons. The second kappa shape index (κ2) is 11.6. The molecule has 1 saturated heterocycles. The predicted octanol–water partition coefficient (Wildman–Crippen LogP) is 6.39. The summed E-state index contributed by atoms with van der Waals surface area (Å²) in [5.74, 6) is -0.0251. The fraction of sp³-hybridized carbons (Fsp3) is 0.467. The van der Waals surface area contributed by atoms with Gasteiger partial charge in [-0.1, -0.05) is 52.7 Å². The number of benzene rings is 2. The molecular formula is C30H39NO5. The van der Waals surface area contributed by atoms with Gasteiger partial charge in [0, 0.05) is 17.7 Å². The lowest BCUT2D eigenvalue weighted by Crippen LogP contribution is -2.30. The molecule has 1 unspecified atom stereocenters. The van der Waals surface area contributed by atoms with Crippen molar-refractivity contribution in [1.82, 2.24) is 4.90 Å². The second-order valence-corrected chi connectivity index (χ2v) is 10.1. The van der Waals surface area contributed by atoms with E-state index in [0.717, 1.165) is 36.1 Å². The van der Waals surface area contributed by atoms with E-state index in [2.05, 4.69) is 27.7 Å². The summed E-state index contributed by atoms with van der Waals surface area (Å²) in [7, 11) is 0. The average Bonchev–Trinajstić information content (AvgIpc) is 3.09. The molecule has 36 heavy (non-hydrogen) atoms. The SMILES string of the molecule is CCCCCN1C(=O)C(=O)/C(=C(/O)c2ccc(OCC)c(C(C)(C)C)c2)C1c1cccc(OCC)c1. The van der Waals surface area contributed by atoms with Crippen LogP contribution >= 0.6 is 0 Å². The number of hydrogen-bond donors (Lipinski definition) is 1. The first-order valence-corrected chi connectivity index (χ1v) is 12.9. The van der Waals surface area contributed by atoms with E-state index in [1.165, 1.54) is 0 Å². The lowest BCUT2D eigenvalue weighted by Gasteiger charge is -2.26. The monoisotopic (exact) mass is 493 g/mol. The molecule has 2 aromatic rings. The molecule has 0 aromatic heterocycles. The van der Waals surface area contributed by atoms with Crippen LogP contribution in [0.4, 0.5) is 0 Å². The zero-order valence-electron chi connectivity index (χ0n) is 22.4. The molecule has 1 aliphatic heterocycles. The van der Waals surface area contributed by atoms with E-state index in [-0.39, 0.29) is 16.7 Å². The van der Waals surface area contributed by atoms with Crippen LogP contribution in [-0.4, -0.2) is 41.5 Å². The third-order valence-electron chi connectivity index (χ3n) is 6.39. The maximum absolute atomic E-state index is 13.3. The van der Waals surface area contributed by atoms with Gasteiger partial charge in [-0.2, -0.15) is 0 Å². The van der Waals surface area contributed by atoms with Gasteiger partial charge in [-0.25, -0.2) is 0 Å². The van der Waals surface area contributed by atoms with Crippen LogP contribution in [0.5, 0.6) is 11.5 Å². The van der Waals surface area contributed by atoms with E-state index < -0.39 is 17.7 Å². The van der Waals surface area contributed by atoms with E-state index in [1.807, 2.05) is 50.2 Å². The number of carbonyl (C=O) groups is 2. The smallest absolute Gasteiger partial charge is 0.295 e. The zero-order chi connectivity index (χ0) is 26.5.